The van der Waals surface area contributed by atoms with Crippen molar-refractivity contribution in [2.45, 2.75) is 33.7 Å². The summed E-state index contributed by atoms with van der Waals surface area (Å²) in [6, 6.07) is 10.1. The van der Waals surface area contributed by atoms with Crippen LogP contribution in [0.2, 0.25) is 0 Å². The summed E-state index contributed by atoms with van der Waals surface area (Å²) < 4.78 is 11.4. The normalized spacial score (nSPS) is 14.2. The van der Waals surface area contributed by atoms with Gasteiger partial charge in [0.15, 0.2) is 17.5 Å². The molecule has 6 nitrogen and oxygen atoms in total. The van der Waals surface area contributed by atoms with Crippen LogP contribution in [-0.2, 0) is 6.54 Å². The Bertz CT molecular complexity index is 1050. The molecule has 4 N–H and O–H groups in total. The Balaban J connectivity index is 1.53. The molecular weight excluding hydrogens is 352 g/mol. The molecule has 0 fully saturated rings. The number of aromatic amines is 1. The van der Waals surface area contributed by atoms with Gasteiger partial charge in [0.2, 0.25) is 0 Å². The monoisotopic (exact) mass is 378 g/mol. The second kappa shape index (κ2) is 7.46. The number of benzene rings is 2. The topological polar surface area (TPSA) is 84.7 Å². The van der Waals surface area contributed by atoms with Crippen molar-refractivity contribution in [3.8, 4) is 11.5 Å². The van der Waals surface area contributed by atoms with Crippen LogP contribution in [0.4, 0.5) is 5.69 Å². The number of nitrogens with one attached hydrogen (secondary N) is 2. The molecule has 0 saturated carbocycles. The van der Waals surface area contributed by atoms with E-state index in [1.165, 1.54) is 22.2 Å². The summed E-state index contributed by atoms with van der Waals surface area (Å²) in [4.78, 5) is 8.02. The number of hydrogen-bond acceptors (Lipinski definition) is 3. The first kappa shape index (κ1) is 18.2. The molecule has 28 heavy (non-hydrogen) atoms. The van der Waals surface area contributed by atoms with E-state index < -0.39 is 0 Å². The maximum absolute atomic E-state index is 6.13. The summed E-state index contributed by atoms with van der Waals surface area (Å²) in [7, 11) is 0. The van der Waals surface area contributed by atoms with E-state index in [-0.39, 0.29) is 0 Å². The molecule has 3 aromatic rings. The third kappa shape index (κ3) is 3.63. The van der Waals surface area contributed by atoms with Gasteiger partial charge in [-0.25, -0.2) is 4.99 Å². The minimum absolute atomic E-state index is 0.365. The quantitative estimate of drug-likeness (QED) is 0.471. The average Bonchev–Trinajstić information content (AvgIpc) is 2.85. The fraction of sp³-hybridized carbons (Fsp3) is 0.318. The molecule has 4 rings (SSSR count). The van der Waals surface area contributed by atoms with Gasteiger partial charge in [-0.2, -0.15) is 0 Å². The zero-order chi connectivity index (χ0) is 19.7. The Morgan fingerprint density at radius 3 is 2.71 bits per heavy atom. The maximum Gasteiger partial charge on any atom is 0.193 e. The van der Waals surface area contributed by atoms with E-state index in [0.717, 1.165) is 34.7 Å². The van der Waals surface area contributed by atoms with Crippen LogP contribution in [0.5, 0.6) is 11.5 Å². The molecule has 1 aliphatic heterocycles. The lowest BCUT2D eigenvalue weighted by Gasteiger charge is -2.11. The van der Waals surface area contributed by atoms with Crippen molar-refractivity contribution in [1.82, 2.24) is 4.98 Å². The van der Waals surface area contributed by atoms with E-state index >= 15 is 0 Å². The number of fused-ring (bicyclic) bond motifs is 2. The largest absolute Gasteiger partial charge is 0.490 e. The number of guanidine groups is 1. The van der Waals surface area contributed by atoms with E-state index in [9.17, 15) is 0 Å². The molecule has 0 saturated heterocycles. The number of aromatic nitrogens is 1. The number of ether oxygens (including phenoxy) is 2. The van der Waals surface area contributed by atoms with Gasteiger partial charge in [0.25, 0.3) is 0 Å². The Kier molecular flexibility index (Phi) is 4.86. The van der Waals surface area contributed by atoms with Crippen molar-refractivity contribution < 1.29 is 9.47 Å². The second-order valence-corrected chi connectivity index (χ2v) is 7.26. The molecule has 146 valence electrons. The molecule has 0 bridgehead atoms. The van der Waals surface area contributed by atoms with E-state index in [0.29, 0.717) is 25.7 Å². The molecule has 6 heteroatoms. The van der Waals surface area contributed by atoms with Gasteiger partial charge in [0.05, 0.1) is 25.3 Å². The van der Waals surface area contributed by atoms with Gasteiger partial charge in [-0.15, -0.1) is 0 Å². The van der Waals surface area contributed by atoms with Crippen LogP contribution in [0, 0.1) is 20.8 Å². The Hall–Kier alpha value is -3.15. The van der Waals surface area contributed by atoms with Crippen molar-refractivity contribution in [3.63, 3.8) is 0 Å². The number of H-pyrrole nitrogens is 1. The first-order chi connectivity index (χ1) is 13.5. The highest BCUT2D eigenvalue weighted by Crippen LogP contribution is 2.32. The van der Waals surface area contributed by atoms with Gasteiger partial charge < -0.3 is 25.5 Å². The summed E-state index contributed by atoms with van der Waals surface area (Å²) in [6.07, 6.45) is 0.879. The molecule has 0 radical (unpaired) electrons. The van der Waals surface area contributed by atoms with Crippen LogP contribution < -0.4 is 20.5 Å². The number of nitrogens with two attached hydrogens (primary N) is 1. The number of rotatable bonds is 3. The fourth-order valence-electron chi connectivity index (χ4n) is 3.51. The predicted molar refractivity (Wildman–Crippen MR) is 114 cm³/mol. The highest BCUT2D eigenvalue weighted by atomic mass is 16.5. The SMILES string of the molecule is Cc1cc(CN=C(N)Nc2ccc3c(c2)OCCCO3)c2[nH]c(C)c(C)c2c1. The smallest absolute Gasteiger partial charge is 0.193 e. The summed E-state index contributed by atoms with van der Waals surface area (Å²) in [6.45, 7) is 8.16. The molecule has 1 aromatic heterocycles. The lowest BCUT2D eigenvalue weighted by atomic mass is 10.0. The van der Waals surface area contributed by atoms with E-state index in [4.69, 9.17) is 15.2 Å². The van der Waals surface area contributed by atoms with Gasteiger partial charge in [-0.3, -0.25) is 0 Å². The van der Waals surface area contributed by atoms with Crippen LogP contribution in [0.3, 0.4) is 0 Å². The molecule has 1 aliphatic rings. The van der Waals surface area contributed by atoms with Gasteiger partial charge in [0.1, 0.15) is 0 Å². The van der Waals surface area contributed by atoms with E-state index in [2.05, 4.69) is 48.2 Å². The van der Waals surface area contributed by atoms with E-state index in [1.54, 1.807) is 0 Å². The second-order valence-electron chi connectivity index (χ2n) is 7.26. The first-order valence-electron chi connectivity index (χ1n) is 9.56. The Labute approximate surface area is 164 Å². The van der Waals surface area contributed by atoms with Crippen molar-refractivity contribution in [1.29, 1.82) is 0 Å². The van der Waals surface area contributed by atoms with Crippen molar-refractivity contribution in [2.24, 2.45) is 10.7 Å². The van der Waals surface area contributed by atoms with Crippen molar-refractivity contribution in [3.05, 3.63) is 52.7 Å². The maximum atomic E-state index is 6.13. The fourth-order valence-corrected chi connectivity index (χ4v) is 3.51. The number of aryl methyl sites for hydroxylation is 3. The van der Waals surface area contributed by atoms with E-state index in [1.807, 2.05) is 18.2 Å². The summed E-state index contributed by atoms with van der Waals surface area (Å²) in [5.74, 6) is 1.86. The first-order valence-corrected chi connectivity index (χ1v) is 9.56. The summed E-state index contributed by atoms with van der Waals surface area (Å²) in [5.41, 5.74) is 12.9. The van der Waals surface area contributed by atoms with Crippen LogP contribution in [-0.4, -0.2) is 24.2 Å². The van der Waals surface area contributed by atoms with Crippen LogP contribution >= 0.6 is 0 Å². The molecule has 0 amide bonds. The molecule has 0 aliphatic carbocycles. The third-order valence-electron chi connectivity index (χ3n) is 5.08. The Morgan fingerprint density at radius 1 is 1.11 bits per heavy atom. The standard InChI is InChI=1S/C22H26N4O2/c1-13-9-16(21-18(10-13)14(2)15(3)25-21)12-24-22(23)26-17-5-6-19-20(11-17)28-8-4-7-27-19/h5-6,9-11,25H,4,7-8,12H2,1-3H3,(H3,23,24,26). The number of nitrogens with zero attached hydrogens (tertiary/aromatic N) is 1. The minimum atomic E-state index is 0.365. The van der Waals surface area contributed by atoms with Crippen LogP contribution in [0.1, 0.15) is 28.8 Å². The predicted octanol–water partition coefficient (Wildman–Crippen LogP) is 4.18. The summed E-state index contributed by atoms with van der Waals surface area (Å²) in [5, 5.41) is 4.39. The highest BCUT2D eigenvalue weighted by molar-refractivity contribution is 5.93. The van der Waals surface area contributed by atoms with Crippen molar-refractivity contribution in [2.75, 3.05) is 18.5 Å². The summed E-state index contributed by atoms with van der Waals surface area (Å²) >= 11 is 0. The Morgan fingerprint density at radius 2 is 1.89 bits per heavy atom. The van der Waals surface area contributed by atoms with Crippen LogP contribution in [0.15, 0.2) is 35.3 Å². The zero-order valence-electron chi connectivity index (χ0n) is 16.6. The lowest BCUT2D eigenvalue weighted by molar-refractivity contribution is 0.297. The van der Waals surface area contributed by atoms with Gasteiger partial charge in [-0.1, -0.05) is 11.6 Å². The molecule has 2 aromatic carbocycles. The highest BCUT2D eigenvalue weighted by Gasteiger charge is 2.12. The molecule has 2 heterocycles. The van der Waals surface area contributed by atoms with Gasteiger partial charge in [0, 0.05) is 29.3 Å². The minimum Gasteiger partial charge on any atom is -0.490 e. The molecule has 0 spiro atoms. The van der Waals surface area contributed by atoms with Gasteiger partial charge in [-0.05, 0) is 50.1 Å². The average molecular weight is 378 g/mol. The molecular formula is C22H26N4O2. The number of aliphatic imine (C=N–C) groups is 1. The van der Waals surface area contributed by atoms with Crippen LogP contribution in [0.25, 0.3) is 10.9 Å². The lowest BCUT2D eigenvalue weighted by Crippen LogP contribution is -2.22. The molecule has 0 unspecified atom stereocenters. The third-order valence-corrected chi connectivity index (χ3v) is 5.08. The molecule has 0 atom stereocenters. The zero-order valence-corrected chi connectivity index (χ0v) is 16.6. The van der Waals surface area contributed by atoms with Crippen molar-refractivity contribution >= 4 is 22.5 Å². The number of anilines is 1. The number of hydrogen-bond donors (Lipinski definition) is 3. The van der Waals surface area contributed by atoms with Gasteiger partial charge >= 0.3 is 0 Å².